The summed E-state index contributed by atoms with van der Waals surface area (Å²) in [7, 11) is 0. The average Bonchev–Trinajstić information content (AvgIpc) is 2.84. The van der Waals surface area contributed by atoms with Crippen LogP contribution in [-0.4, -0.2) is 53.7 Å². The Balaban J connectivity index is 2.40. The van der Waals surface area contributed by atoms with Crippen LogP contribution < -0.4 is 9.47 Å². The third-order valence-corrected chi connectivity index (χ3v) is 5.53. The Kier molecular flexibility index (Phi) is 11.2. The molecule has 34 heavy (non-hydrogen) atoms. The van der Waals surface area contributed by atoms with Crippen LogP contribution in [0, 0.1) is 0 Å². The zero-order valence-electron chi connectivity index (χ0n) is 19.0. The highest BCUT2D eigenvalue weighted by atomic mass is 79.9. The van der Waals surface area contributed by atoms with Crippen molar-refractivity contribution in [2.24, 2.45) is 0 Å². The Labute approximate surface area is 208 Å². The number of rotatable bonds is 14. The molecule has 0 aliphatic heterocycles. The third-order valence-electron chi connectivity index (χ3n) is 4.75. The van der Waals surface area contributed by atoms with Crippen LogP contribution in [0.3, 0.4) is 0 Å². The fraction of sp³-hybridized carbons (Fsp3) is 0.269. The van der Waals surface area contributed by atoms with Gasteiger partial charge < -0.3 is 24.4 Å². The Morgan fingerprint density at radius 1 is 0.971 bits per heavy atom. The molecule has 0 unspecified atom stereocenters. The van der Waals surface area contributed by atoms with Crippen molar-refractivity contribution in [1.29, 1.82) is 0 Å². The summed E-state index contributed by atoms with van der Waals surface area (Å²) >= 11 is 3.50. The molecule has 0 spiro atoms. The highest BCUT2D eigenvalue weighted by molar-refractivity contribution is 9.10. The summed E-state index contributed by atoms with van der Waals surface area (Å²) in [4.78, 5) is 14.4. The monoisotopic (exact) mass is 531 g/mol. The summed E-state index contributed by atoms with van der Waals surface area (Å²) in [6, 6.07) is 9.60. The van der Waals surface area contributed by atoms with Crippen molar-refractivity contribution in [2.45, 2.75) is 19.0 Å². The predicted octanol–water partition coefficient (Wildman–Crippen LogP) is 5.01. The van der Waals surface area contributed by atoms with E-state index in [4.69, 9.17) is 14.2 Å². The second-order valence-corrected chi connectivity index (χ2v) is 8.10. The van der Waals surface area contributed by atoms with Crippen molar-refractivity contribution >= 4 is 22.0 Å². The molecule has 2 N–H and O–H groups in total. The number of carbonyl (C=O) groups excluding carboxylic acids is 1. The van der Waals surface area contributed by atoms with Gasteiger partial charge in [0.2, 0.25) is 0 Å². The molecule has 0 aromatic heterocycles. The summed E-state index contributed by atoms with van der Waals surface area (Å²) in [5.41, 5.74) is 1.56. The lowest BCUT2D eigenvalue weighted by molar-refractivity contribution is 0.0716. The van der Waals surface area contributed by atoms with E-state index in [-0.39, 0.29) is 38.7 Å². The van der Waals surface area contributed by atoms with Gasteiger partial charge in [0.15, 0.2) is 0 Å². The third kappa shape index (κ3) is 7.97. The minimum Gasteiger partial charge on any atom is -0.508 e. The van der Waals surface area contributed by atoms with Crippen molar-refractivity contribution in [3.63, 3.8) is 0 Å². The van der Waals surface area contributed by atoms with Crippen LogP contribution in [0.25, 0.3) is 0 Å². The van der Waals surface area contributed by atoms with E-state index in [1.807, 2.05) is 0 Å². The van der Waals surface area contributed by atoms with Gasteiger partial charge in [0, 0.05) is 6.54 Å². The molecule has 2 aromatic carbocycles. The van der Waals surface area contributed by atoms with Gasteiger partial charge in [0.05, 0.1) is 12.6 Å². The molecular weight excluding hydrogens is 502 g/mol. The van der Waals surface area contributed by atoms with Crippen LogP contribution in [-0.2, 0) is 17.7 Å². The van der Waals surface area contributed by atoms with Crippen LogP contribution in [0.5, 0.6) is 17.2 Å². The number of amides is 1. The molecule has 1 atom stereocenters. The number of carbonyl (C=O) groups is 1. The van der Waals surface area contributed by atoms with E-state index in [0.29, 0.717) is 28.0 Å². The van der Waals surface area contributed by atoms with Crippen LogP contribution in [0.2, 0.25) is 0 Å². The van der Waals surface area contributed by atoms with Gasteiger partial charge in [-0.25, -0.2) is 4.79 Å². The molecule has 0 heterocycles. The first kappa shape index (κ1) is 27.0. The van der Waals surface area contributed by atoms with Gasteiger partial charge in [-0.15, -0.1) is 0 Å². The SMILES string of the molecule is C=CCOC(=O)N(Cc1cc(OCC=C)c(Br)c(OCC=C)c1)[C@H](CO)Cc1ccc(O)cc1. The number of aliphatic hydroxyl groups excluding tert-OH is 1. The molecule has 0 saturated carbocycles. The molecule has 0 saturated heterocycles. The normalized spacial score (nSPS) is 11.2. The molecule has 0 bridgehead atoms. The molecule has 182 valence electrons. The largest absolute Gasteiger partial charge is 0.508 e. The second-order valence-electron chi connectivity index (χ2n) is 7.31. The molecule has 8 heteroatoms. The molecule has 2 aromatic rings. The zero-order chi connectivity index (χ0) is 24.9. The van der Waals surface area contributed by atoms with Crippen molar-refractivity contribution in [3.8, 4) is 17.2 Å². The summed E-state index contributed by atoms with van der Waals surface area (Å²) in [6.45, 7) is 11.4. The molecular formula is C26H30BrNO6. The quantitative estimate of drug-likeness (QED) is 0.333. The first-order valence-electron chi connectivity index (χ1n) is 10.7. The van der Waals surface area contributed by atoms with E-state index in [9.17, 15) is 15.0 Å². The Morgan fingerprint density at radius 3 is 2.03 bits per heavy atom. The van der Waals surface area contributed by atoms with E-state index in [0.717, 1.165) is 5.56 Å². The minimum atomic E-state index is -0.595. The van der Waals surface area contributed by atoms with Crippen molar-refractivity contribution in [3.05, 3.63) is 90.0 Å². The van der Waals surface area contributed by atoms with E-state index < -0.39 is 12.1 Å². The average molecular weight is 532 g/mol. The lowest BCUT2D eigenvalue weighted by Crippen LogP contribution is -2.43. The topological polar surface area (TPSA) is 88.5 Å². The van der Waals surface area contributed by atoms with Crippen molar-refractivity contribution in [2.75, 3.05) is 26.4 Å². The maximum absolute atomic E-state index is 12.9. The second kappa shape index (κ2) is 14.1. The Morgan fingerprint density at radius 2 is 1.53 bits per heavy atom. The smallest absolute Gasteiger partial charge is 0.410 e. The lowest BCUT2D eigenvalue weighted by Gasteiger charge is -2.30. The fourth-order valence-corrected chi connectivity index (χ4v) is 3.61. The fourth-order valence-electron chi connectivity index (χ4n) is 3.16. The van der Waals surface area contributed by atoms with Crippen molar-refractivity contribution < 1.29 is 29.2 Å². The number of phenolic OH excluding ortho intramolecular Hbond substituents is 1. The summed E-state index contributed by atoms with van der Waals surface area (Å²) in [6.07, 6.45) is 4.49. The summed E-state index contributed by atoms with van der Waals surface area (Å²) in [5.74, 6) is 1.19. The van der Waals surface area contributed by atoms with E-state index in [2.05, 4.69) is 35.7 Å². The van der Waals surface area contributed by atoms with Gasteiger partial charge in [-0.3, -0.25) is 4.90 Å². The molecule has 0 aliphatic carbocycles. The summed E-state index contributed by atoms with van der Waals surface area (Å²) in [5, 5.41) is 19.7. The number of benzene rings is 2. The number of halogens is 1. The minimum absolute atomic E-state index is 0.0361. The maximum Gasteiger partial charge on any atom is 0.410 e. The van der Waals surface area contributed by atoms with Gasteiger partial charge in [-0.1, -0.05) is 50.1 Å². The van der Waals surface area contributed by atoms with E-state index >= 15 is 0 Å². The van der Waals surface area contributed by atoms with Gasteiger partial charge >= 0.3 is 6.09 Å². The molecule has 1 amide bonds. The maximum atomic E-state index is 12.9. The molecule has 7 nitrogen and oxygen atoms in total. The molecule has 0 aliphatic rings. The number of ether oxygens (including phenoxy) is 3. The number of nitrogens with zero attached hydrogens (tertiary/aromatic N) is 1. The molecule has 0 fully saturated rings. The standard InChI is InChI=1S/C26H30BrNO6/c1-4-11-32-23-15-20(16-24(25(23)27)33-12-5-2)17-28(26(31)34-13-6-3)21(18-29)14-19-7-9-22(30)10-8-19/h4-10,15-16,21,29-30H,1-3,11-14,17-18H2/t21-/m0/s1. The lowest BCUT2D eigenvalue weighted by atomic mass is 10.0. The Bertz CT molecular complexity index is 943. The molecule has 0 radical (unpaired) electrons. The van der Waals surface area contributed by atoms with Crippen LogP contribution in [0.4, 0.5) is 4.79 Å². The van der Waals surface area contributed by atoms with Crippen LogP contribution in [0.1, 0.15) is 11.1 Å². The number of aliphatic hydroxyl groups is 1. The molecule has 2 rings (SSSR count). The first-order chi connectivity index (χ1) is 16.4. The first-order valence-corrected chi connectivity index (χ1v) is 11.5. The van der Waals surface area contributed by atoms with Crippen LogP contribution in [0.15, 0.2) is 78.8 Å². The van der Waals surface area contributed by atoms with Crippen LogP contribution >= 0.6 is 15.9 Å². The van der Waals surface area contributed by atoms with E-state index in [1.54, 1.807) is 48.6 Å². The number of phenols is 1. The zero-order valence-corrected chi connectivity index (χ0v) is 20.6. The highest BCUT2D eigenvalue weighted by Gasteiger charge is 2.26. The van der Waals surface area contributed by atoms with E-state index in [1.165, 1.54) is 11.0 Å². The Hall–Kier alpha value is -3.23. The number of aromatic hydroxyl groups is 1. The van der Waals surface area contributed by atoms with Gasteiger partial charge in [-0.2, -0.15) is 0 Å². The number of hydrogen-bond acceptors (Lipinski definition) is 6. The predicted molar refractivity (Wildman–Crippen MR) is 135 cm³/mol. The summed E-state index contributed by atoms with van der Waals surface area (Å²) < 4.78 is 17.4. The highest BCUT2D eigenvalue weighted by Crippen LogP contribution is 2.37. The van der Waals surface area contributed by atoms with Gasteiger partial charge in [-0.05, 0) is 57.7 Å². The van der Waals surface area contributed by atoms with Gasteiger partial charge in [0.1, 0.15) is 41.5 Å². The number of hydrogen-bond donors (Lipinski definition) is 2. The van der Waals surface area contributed by atoms with Crippen molar-refractivity contribution in [1.82, 2.24) is 4.90 Å². The van der Waals surface area contributed by atoms with Gasteiger partial charge in [0.25, 0.3) is 0 Å².